The highest BCUT2D eigenvalue weighted by atomic mass is 16.2. The van der Waals surface area contributed by atoms with E-state index >= 15 is 0 Å². The second-order valence-electron chi connectivity index (χ2n) is 8.79. The van der Waals surface area contributed by atoms with E-state index in [1.807, 2.05) is 35.2 Å². The van der Waals surface area contributed by atoms with Crippen LogP contribution in [0.4, 0.5) is 5.69 Å². The molecule has 0 unspecified atom stereocenters. The van der Waals surface area contributed by atoms with Crippen LogP contribution in [0.5, 0.6) is 0 Å². The molecule has 0 aromatic heterocycles. The van der Waals surface area contributed by atoms with Crippen molar-refractivity contribution in [2.45, 2.75) is 51.5 Å². The van der Waals surface area contributed by atoms with Gasteiger partial charge in [0, 0.05) is 42.4 Å². The highest BCUT2D eigenvalue weighted by Crippen LogP contribution is 2.25. The Bertz CT molecular complexity index is 976. The molecule has 32 heavy (non-hydrogen) atoms. The van der Waals surface area contributed by atoms with E-state index in [4.69, 9.17) is 0 Å². The van der Waals surface area contributed by atoms with Gasteiger partial charge in [0.15, 0.2) is 0 Å². The molecule has 1 saturated heterocycles. The van der Waals surface area contributed by atoms with Gasteiger partial charge in [-0.1, -0.05) is 37.5 Å². The molecule has 2 aromatic rings. The van der Waals surface area contributed by atoms with Crippen molar-refractivity contribution in [1.29, 1.82) is 0 Å². The maximum atomic E-state index is 12.7. The van der Waals surface area contributed by atoms with Crippen molar-refractivity contribution in [3.63, 3.8) is 0 Å². The van der Waals surface area contributed by atoms with Gasteiger partial charge in [-0.05, 0) is 61.6 Å². The normalized spacial score (nSPS) is 16.6. The second kappa shape index (κ2) is 10.4. The quantitative estimate of drug-likeness (QED) is 0.710. The Kier molecular flexibility index (Phi) is 7.20. The molecule has 6 heteroatoms. The van der Waals surface area contributed by atoms with E-state index in [2.05, 4.69) is 10.6 Å². The van der Waals surface area contributed by atoms with Crippen molar-refractivity contribution in [2.75, 3.05) is 18.4 Å². The third-order valence-electron chi connectivity index (χ3n) is 6.39. The molecule has 2 N–H and O–H groups in total. The second-order valence-corrected chi connectivity index (χ2v) is 8.79. The topological polar surface area (TPSA) is 78.5 Å². The molecular weight excluding hydrogens is 402 g/mol. The summed E-state index contributed by atoms with van der Waals surface area (Å²) in [5.41, 5.74) is 2.68. The molecule has 1 aliphatic heterocycles. The summed E-state index contributed by atoms with van der Waals surface area (Å²) in [6, 6.07) is 14.5. The summed E-state index contributed by atoms with van der Waals surface area (Å²) in [7, 11) is 0. The van der Waals surface area contributed by atoms with Crippen LogP contribution in [0, 0.1) is 5.92 Å². The first-order chi connectivity index (χ1) is 15.6. The van der Waals surface area contributed by atoms with Gasteiger partial charge in [-0.3, -0.25) is 14.4 Å². The average Bonchev–Trinajstić information content (AvgIpc) is 3.38. The summed E-state index contributed by atoms with van der Waals surface area (Å²) in [5.74, 6) is -0.0503. The van der Waals surface area contributed by atoms with Gasteiger partial charge in [0.05, 0.1) is 0 Å². The Morgan fingerprint density at radius 1 is 0.844 bits per heavy atom. The van der Waals surface area contributed by atoms with Crippen LogP contribution in [-0.4, -0.2) is 35.7 Å². The fourth-order valence-corrected chi connectivity index (χ4v) is 4.55. The predicted molar refractivity (Wildman–Crippen MR) is 124 cm³/mol. The summed E-state index contributed by atoms with van der Waals surface area (Å²) in [4.78, 5) is 39.7. The minimum absolute atomic E-state index is 0.0433. The lowest BCUT2D eigenvalue weighted by Crippen LogP contribution is -2.28. The zero-order chi connectivity index (χ0) is 22.3. The van der Waals surface area contributed by atoms with Gasteiger partial charge >= 0.3 is 0 Å². The molecular formula is C26H31N3O3. The molecule has 1 aliphatic carbocycles. The third-order valence-corrected chi connectivity index (χ3v) is 6.39. The van der Waals surface area contributed by atoms with E-state index in [1.165, 1.54) is 6.42 Å². The number of amides is 3. The van der Waals surface area contributed by atoms with Crippen molar-refractivity contribution >= 4 is 23.4 Å². The number of nitrogens with zero attached hydrogens (tertiary/aromatic N) is 1. The monoisotopic (exact) mass is 433 g/mol. The molecule has 168 valence electrons. The SMILES string of the molecule is O=C(NCc1cccc(C(=O)N2CCCC2)c1)c1cccc(NC(=O)C2CCCCC2)c1. The van der Waals surface area contributed by atoms with Gasteiger partial charge < -0.3 is 15.5 Å². The minimum Gasteiger partial charge on any atom is -0.348 e. The summed E-state index contributed by atoms with van der Waals surface area (Å²) in [6.45, 7) is 1.96. The number of hydrogen-bond donors (Lipinski definition) is 2. The van der Waals surface area contributed by atoms with Crippen molar-refractivity contribution in [2.24, 2.45) is 5.92 Å². The maximum absolute atomic E-state index is 12.7. The van der Waals surface area contributed by atoms with Crippen LogP contribution < -0.4 is 10.6 Å². The van der Waals surface area contributed by atoms with Crippen LogP contribution >= 0.6 is 0 Å². The first-order valence-electron chi connectivity index (χ1n) is 11.7. The van der Waals surface area contributed by atoms with Gasteiger partial charge in [-0.2, -0.15) is 0 Å². The molecule has 3 amide bonds. The number of nitrogens with one attached hydrogen (secondary N) is 2. The van der Waals surface area contributed by atoms with Gasteiger partial charge in [0.25, 0.3) is 11.8 Å². The average molecular weight is 434 g/mol. The number of rotatable bonds is 6. The zero-order valence-corrected chi connectivity index (χ0v) is 18.4. The zero-order valence-electron chi connectivity index (χ0n) is 18.4. The van der Waals surface area contributed by atoms with E-state index in [1.54, 1.807) is 18.2 Å². The van der Waals surface area contributed by atoms with Gasteiger partial charge in [-0.15, -0.1) is 0 Å². The van der Waals surface area contributed by atoms with Crippen molar-refractivity contribution in [1.82, 2.24) is 10.2 Å². The van der Waals surface area contributed by atoms with Crippen LogP contribution in [0.25, 0.3) is 0 Å². The van der Waals surface area contributed by atoms with Crippen LogP contribution in [-0.2, 0) is 11.3 Å². The van der Waals surface area contributed by atoms with Crippen LogP contribution in [0.15, 0.2) is 48.5 Å². The molecule has 6 nitrogen and oxygen atoms in total. The van der Waals surface area contributed by atoms with Crippen molar-refractivity contribution in [3.05, 3.63) is 65.2 Å². The van der Waals surface area contributed by atoms with Crippen LogP contribution in [0.2, 0.25) is 0 Å². The highest BCUT2D eigenvalue weighted by Gasteiger charge is 2.21. The summed E-state index contributed by atoms with van der Waals surface area (Å²) in [5, 5.41) is 5.88. The number of likely N-dealkylation sites (tertiary alicyclic amines) is 1. The number of anilines is 1. The fourth-order valence-electron chi connectivity index (χ4n) is 4.55. The summed E-state index contributed by atoms with van der Waals surface area (Å²) < 4.78 is 0. The van der Waals surface area contributed by atoms with E-state index in [9.17, 15) is 14.4 Å². The number of benzene rings is 2. The molecule has 0 bridgehead atoms. The Morgan fingerprint density at radius 2 is 1.56 bits per heavy atom. The maximum Gasteiger partial charge on any atom is 0.253 e. The van der Waals surface area contributed by atoms with Crippen molar-refractivity contribution < 1.29 is 14.4 Å². The van der Waals surface area contributed by atoms with Gasteiger partial charge in [0.2, 0.25) is 5.91 Å². The molecule has 2 fully saturated rings. The molecule has 2 aliphatic rings. The molecule has 1 heterocycles. The lowest BCUT2D eigenvalue weighted by Gasteiger charge is -2.20. The van der Waals surface area contributed by atoms with Crippen LogP contribution in [0.3, 0.4) is 0 Å². The van der Waals surface area contributed by atoms with E-state index in [0.717, 1.165) is 57.2 Å². The Hall–Kier alpha value is -3.15. The van der Waals surface area contributed by atoms with Gasteiger partial charge in [0.1, 0.15) is 0 Å². The Labute approximate surface area is 189 Å². The lowest BCUT2D eigenvalue weighted by molar-refractivity contribution is -0.120. The molecule has 0 radical (unpaired) electrons. The summed E-state index contributed by atoms with van der Waals surface area (Å²) >= 11 is 0. The summed E-state index contributed by atoms with van der Waals surface area (Å²) in [6.07, 6.45) is 7.39. The van der Waals surface area contributed by atoms with E-state index in [0.29, 0.717) is 23.4 Å². The predicted octanol–water partition coefficient (Wildman–Crippen LogP) is 4.37. The standard InChI is InChI=1S/C26H31N3O3/c30-24(21-11-7-13-23(17-21)28-25(31)20-9-2-1-3-10-20)27-18-19-8-6-12-22(16-19)26(32)29-14-4-5-15-29/h6-8,11-13,16-17,20H,1-5,9-10,14-15,18H2,(H,27,30)(H,28,31). The number of carbonyl (C=O) groups is 3. The first-order valence-corrected chi connectivity index (χ1v) is 11.7. The van der Waals surface area contributed by atoms with Crippen molar-refractivity contribution in [3.8, 4) is 0 Å². The van der Waals surface area contributed by atoms with E-state index < -0.39 is 0 Å². The number of carbonyl (C=O) groups excluding carboxylic acids is 3. The minimum atomic E-state index is -0.213. The molecule has 0 spiro atoms. The lowest BCUT2D eigenvalue weighted by atomic mass is 9.88. The fraction of sp³-hybridized carbons (Fsp3) is 0.423. The van der Waals surface area contributed by atoms with Crippen LogP contribution in [0.1, 0.15) is 71.2 Å². The molecule has 1 saturated carbocycles. The highest BCUT2D eigenvalue weighted by molar-refractivity contribution is 5.98. The largest absolute Gasteiger partial charge is 0.348 e. The smallest absolute Gasteiger partial charge is 0.253 e. The van der Waals surface area contributed by atoms with Gasteiger partial charge in [-0.25, -0.2) is 0 Å². The van der Waals surface area contributed by atoms with E-state index in [-0.39, 0.29) is 23.6 Å². The Morgan fingerprint density at radius 3 is 2.34 bits per heavy atom. The molecule has 2 aromatic carbocycles. The third kappa shape index (κ3) is 5.55. The molecule has 4 rings (SSSR count). The Balaban J connectivity index is 1.34. The number of hydrogen-bond acceptors (Lipinski definition) is 3. The first kappa shape index (κ1) is 22.1. The molecule has 0 atom stereocenters.